The Morgan fingerprint density at radius 3 is 2.17 bits per heavy atom. The molecule has 1 heterocycles. The maximum absolute atomic E-state index is 13.4. The molecule has 3 aromatic carbocycles. The van der Waals surface area contributed by atoms with Crippen molar-refractivity contribution in [1.29, 1.82) is 0 Å². The van der Waals surface area contributed by atoms with Crippen molar-refractivity contribution >= 4 is 34.8 Å². The van der Waals surface area contributed by atoms with Crippen molar-refractivity contribution < 1.29 is 18.7 Å². The summed E-state index contributed by atoms with van der Waals surface area (Å²) in [7, 11) is 1.48. The Labute approximate surface area is 171 Å². The number of hydrogen-bond donors (Lipinski definition) is 0. The lowest BCUT2D eigenvalue weighted by atomic mass is 10.1. The highest BCUT2D eigenvalue weighted by Gasteiger charge is 2.41. The van der Waals surface area contributed by atoms with Gasteiger partial charge in [-0.05, 0) is 42.0 Å². The number of halogens is 1. The molecule has 4 rings (SSSR count). The summed E-state index contributed by atoms with van der Waals surface area (Å²) in [6.45, 7) is 0. The molecule has 0 radical (unpaired) electrons. The number of anilines is 1. The van der Waals surface area contributed by atoms with Crippen LogP contribution in [0.2, 0.25) is 0 Å². The average Bonchev–Trinajstić information content (AvgIpc) is 2.99. The molecule has 4 nitrogen and oxygen atoms in total. The molecule has 0 aliphatic carbocycles. The van der Waals surface area contributed by atoms with Crippen molar-refractivity contribution in [3.8, 4) is 5.75 Å². The highest BCUT2D eigenvalue weighted by atomic mass is 32.2. The second-order valence-electron chi connectivity index (χ2n) is 6.24. The maximum Gasteiger partial charge on any atom is 0.273 e. The zero-order chi connectivity index (χ0) is 20.4. The van der Waals surface area contributed by atoms with Gasteiger partial charge in [0.05, 0.1) is 23.3 Å². The van der Waals surface area contributed by atoms with E-state index >= 15 is 0 Å². The zero-order valence-corrected chi connectivity index (χ0v) is 16.3. The Hall–Kier alpha value is -3.38. The molecule has 0 spiro atoms. The van der Waals surface area contributed by atoms with E-state index in [1.807, 2.05) is 30.3 Å². The number of carbonyl (C=O) groups excluding carboxylic acids is 2. The van der Waals surface area contributed by atoms with E-state index in [1.165, 1.54) is 43.1 Å². The summed E-state index contributed by atoms with van der Waals surface area (Å²) in [6, 6.07) is 21.7. The van der Waals surface area contributed by atoms with Gasteiger partial charge in [0.25, 0.3) is 11.8 Å². The Kier molecular flexibility index (Phi) is 5.18. The van der Waals surface area contributed by atoms with Crippen LogP contribution in [0.5, 0.6) is 5.75 Å². The van der Waals surface area contributed by atoms with Crippen LogP contribution in [0, 0.1) is 5.82 Å². The molecule has 6 heteroatoms. The molecule has 1 aliphatic rings. The molecule has 0 aromatic heterocycles. The normalized spacial score (nSPS) is 13.9. The predicted octanol–water partition coefficient (Wildman–Crippen LogP) is 4.91. The Balaban J connectivity index is 1.84. The van der Waals surface area contributed by atoms with Gasteiger partial charge in [0, 0.05) is 4.90 Å². The molecule has 1 aliphatic heterocycles. The number of nitrogens with zero attached hydrogens (tertiary/aromatic N) is 1. The number of amides is 2. The van der Waals surface area contributed by atoms with Gasteiger partial charge in [-0.1, -0.05) is 54.2 Å². The van der Waals surface area contributed by atoms with E-state index in [9.17, 15) is 14.0 Å². The third-order valence-corrected chi connectivity index (χ3v) is 5.55. The summed E-state index contributed by atoms with van der Waals surface area (Å²) < 4.78 is 18.8. The predicted molar refractivity (Wildman–Crippen MR) is 111 cm³/mol. The van der Waals surface area contributed by atoms with Crippen LogP contribution in [-0.4, -0.2) is 18.9 Å². The van der Waals surface area contributed by atoms with E-state index in [4.69, 9.17) is 4.74 Å². The molecule has 0 saturated heterocycles. The second kappa shape index (κ2) is 7.93. The van der Waals surface area contributed by atoms with Crippen LogP contribution in [0.15, 0.2) is 88.7 Å². The highest BCUT2D eigenvalue weighted by Crippen LogP contribution is 2.43. The van der Waals surface area contributed by atoms with Gasteiger partial charge in [0.15, 0.2) is 0 Å². The molecule has 144 valence electrons. The number of rotatable bonds is 5. The lowest BCUT2D eigenvalue weighted by Crippen LogP contribution is -2.31. The summed E-state index contributed by atoms with van der Waals surface area (Å²) in [5, 5.41) is 0. The van der Waals surface area contributed by atoms with E-state index in [1.54, 1.807) is 24.3 Å². The lowest BCUT2D eigenvalue weighted by Gasteiger charge is -2.18. The first-order chi connectivity index (χ1) is 14.1. The quantitative estimate of drug-likeness (QED) is 0.566. The van der Waals surface area contributed by atoms with Crippen molar-refractivity contribution in [2.24, 2.45) is 0 Å². The molecule has 0 unspecified atom stereocenters. The van der Waals surface area contributed by atoms with Crippen molar-refractivity contribution in [2.45, 2.75) is 4.90 Å². The summed E-state index contributed by atoms with van der Waals surface area (Å²) in [5.74, 6) is -0.902. The van der Waals surface area contributed by atoms with E-state index in [0.29, 0.717) is 21.9 Å². The topological polar surface area (TPSA) is 46.6 Å². The molecule has 3 aromatic rings. The van der Waals surface area contributed by atoms with Crippen molar-refractivity contribution in [3.63, 3.8) is 0 Å². The van der Waals surface area contributed by atoms with Crippen LogP contribution in [0.3, 0.4) is 0 Å². The Morgan fingerprint density at radius 1 is 0.828 bits per heavy atom. The highest BCUT2D eigenvalue weighted by molar-refractivity contribution is 8.04. The van der Waals surface area contributed by atoms with Crippen molar-refractivity contribution in [2.75, 3.05) is 12.0 Å². The fourth-order valence-corrected chi connectivity index (χ4v) is 4.13. The first-order valence-electron chi connectivity index (χ1n) is 8.85. The number of para-hydroxylation sites is 2. The lowest BCUT2D eigenvalue weighted by molar-refractivity contribution is -0.119. The zero-order valence-electron chi connectivity index (χ0n) is 15.5. The van der Waals surface area contributed by atoms with Gasteiger partial charge in [-0.3, -0.25) is 9.59 Å². The van der Waals surface area contributed by atoms with E-state index < -0.39 is 17.6 Å². The summed E-state index contributed by atoms with van der Waals surface area (Å²) in [6.07, 6.45) is 0. The average molecular weight is 405 g/mol. The second-order valence-corrected chi connectivity index (χ2v) is 7.33. The fraction of sp³-hybridized carbons (Fsp3) is 0.0435. The smallest absolute Gasteiger partial charge is 0.273 e. The Morgan fingerprint density at radius 2 is 1.48 bits per heavy atom. The molecule has 0 fully saturated rings. The number of imide groups is 1. The molecule has 0 atom stereocenters. The van der Waals surface area contributed by atoms with Gasteiger partial charge in [0.1, 0.15) is 11.6 Å². The molecule has 2 amide bonds. The van der Waals surface area contributed by atoms with Crippen LogP contribution in [0.1, 0.15) is 5.56 Å². The van der Waals surface area contributed by atoms with Gasteiger partial charge in [-0.25, -0.2) is 9.29 Å². The molecule has 0 saturated carbocycles. The molecular formula is C23H16FNO3S. The molecule has 29 heavy (non-hydrogen) atoms. The number of ether oxygens (including phenoxy) is 1. The maximum atomic E-state index is 13.4. The minimum atomic E-state index is -0.468. The number of methoxy groups -OCH3 is 1. The molecular weight excluding hydrogens is 389 g/mol. The monoisotopic (exact) mass is 405 g/mol. The van der Waals surface area contributed by atoms with Gasteiger partial charge in [-0.15, -0.1) is 0 Å². The minimum absolute atomic E-state index is 0.245. The minimum Gasteiger partial charge on any atom is -0.495 e. The van der Waals surface area contributed by atoms with Crippen LogP contribution in [0.4, 0.5) is 10.1 Å². The van der Waals surface area contributed by atoms with E-state index in [0.717, 1.165) is 9.80 Å². The summed E-state index contributed by atoms with van der Waals surface area (Å²) in [4.78, 5) is 28.9. The van der Waals surface area contributed by atoms with Gasteiger partial charge in [-0.2, -0.15) is 0 Å². The number of carbonyl (C=O) groups is 2. The largest absolute Gasteiger partial charge is 0.495 e. The van der Waals surface area contributed by atoms with Crippen LogP contribution in [-0.2, 0) is 9.59 Å². The van der Waals surface area contributed by atoms with Crippen molar-refractivity contribution in [1.82, 2.24) is 0 Å². The third kappa shape index (κ3) is 3.54. The van der Waals surface area contributed by atoms with Crippen molar-refractivity contribution in [3.05, 3.63) is 95.1 Å². The van der Waals surface area contributed by atoms with Gasteiger partial charge >= 0.3 is 0 Å². The first kappa shape index (κ1) is 19.0. The first-order valence-corrected chi connectivity index (χ1v) is 9.66. The number of thioether (sulfide) groups is 1. The van der Waals surface area contributed by atoms with Crippen LogP contribution < -0.4 is 9.64 Å². The summed E-state index contributed by atoms with van der Waals surface area (Å²) in [5.41, 5.74) is 1.10. The standard InChI is InChI=1S/C23H16FNO3S/c1-28-19-10-6-5-9-18(19)25-22(26)20(15-11-13-16(24)14-12-15)21(23(25)27)29-17-7-3-2-4-8-17/h2-14H,1H3. The fourth-order valence-electron chi connectivity index (χ4n) is 3.12. The SMILES string of the molecule is COc1ccccc1N1C(=O)C(Sc2ccccc2)=C(c2ccc(F)cc2)C1=O. The van der Waals surface area contributed by atoms with E-state index in [2.05, 4.69) is 0 Å². The molecule has 0 bridgehead atoms. The number of benzene rings is 3. The van der Waals surface area contributed by atoms with Crippen LogP contribution >= 0.6 is 11.8 Å². The summed E-state index contributed by atoms with van der Waals surface area (Å²) >= 11 is 1.22. The van der Waals surface area contributed by atoms with Crippen LogP contribution in [0.25, 0.3) is 5.57 Å². The molecule has 0 N–H and O–H groups in total. The van der Waals surface area contributed by atoms with Gasteiger partial charge < -0.3 is 4.74 Å². The Bertz CT molecular complexity index is 1110. The van der Waals surface area contributed by atoms with Gasteiger partial charge in [0.2, 0.25) is 0 Å². The number of hydrogen-bond acceptors (Lipinski definition) is 4. The third-order valence-electron chi connectivity index (χ3n) is 4.46. The van der Waals surface area contributed by atoms with E-state index in [-0.39, 0.29) is 5.57 Å².